The van der Waals surface area contributed by atoms with E-state index in [1.807, 2.05) is 6.92 Å². The average molecular weight is 121 g/mol. The molecule has 0 aromatic heterocycles. The third kappa shape index (κ3) is 2.66. The monoisotopic (exact) mass is 120 g/mol. The van der Waals surface area contributed by atoms with Crippen LogP contribution in [-0.4, -0.2) is 10.7 Å². The van der Waals surface area contributed by atoms with Gasteiger partial charge in [0.15, 0.2) is 0 Å². The van der Waals surface area contributed by atoms with Crippen molar-refractivity contribution in [2.75, 3.05) is 0 Å². The molecule has 0 aliphatic heterocycles. The Labute approximate surface area is 48.6 Å². The Morgan fingerprint density at radius 1 is 1.86 bits per heavy atom. The predicted molar refractivity (Wildman–Crippen MR) is 31.3 cm³/mol. The summed E-state index contributed by atoms with van der Waals surface area (Å²) >= 11 is 5.22. The molecule has 42 valence electrons. The molecule has 1 atom stereocenters. The van der Waals surface area contributed by atoms with Crippen molar-refractivity contribution in [1.29, 1.82) is 0 Å². The fraction of sp³-hybridized carbons (Fsp3) is 0.600. The maximum atomic E-state index is 8.52. The molecule has 0 saturated heterocycles. The van der Waals surface area contributed by atoms with Gasteiger partial charge in [0.05, 0.1) is 0 Å². The second-order valence-electron chi connectivity index (χ2n) is 1.37. The lowest BCUT2D eigenvalue weighted by atomic mass is 10.3. The first-order valence-corrected chi connectivity index (χ1v) is 2.57. The first kappa shape index (κ1) is 6.99. The van der Waals surface area contributed by atoms with Crippen molar-refractivity contribution >= 4 is 11.6 Å². The smallest absolute Gasteiger partial charge is 0.149 e. The average Bonchev–Trinajstić information content (AvgIpc) is 1.65. The minimum absolute atomic E-state index is 0.793. The molecule has 0 fully saturated rings. The normalized spacial score (nSPS) is 16.9. The molecule has 2 heteroatoms. The number of hydrogen-bond acceptors (Lipinski definition) is 1. The molecule has 0 aliphatic rings. The minimum atomic E-state index is -0.801. The summed E-state index contributed by atoms with van der Waals surface area (Å²) in [7, 11) is 0. The third-order valence-electron chi connectivity index (χ3n) is 0.831. The van der Waals surface area contributed by atoms with E-state index in [1.165, 1.54) is 0 Å². The van der Waals surface area contributed by atoms with Gasteiger partial charge in [-0.25, -0.2) is 0 Å². The van der Waals surface area contributed by atoms with E-state index in [0.717, 1.165) is 5.57 Å². The first-order chi connectivity index (χ1) is 3.18. The van der Waals surface area contributed by atoms with Crippen LogP contribution in [0.3, 0.4) is 0 Å². The summed E-state index contributed by atoms with van der Waals surface area (Å²) in [5, 5.41) is 8.52. The molecular formula is C5H9ClO. The largest absolute Gasteiger partial charge is 0.374 e. The molecule has 0 bridgehead atoms. The highest BCUT2D eigenvalue weighted by molar-refractivity contribution is 6.21. The van der Waals surface area contributed by atoms with Gasteiger partial charge in [-0.05, 0) is 19.4 Å². The Bertz CT molecular complexity index is 76.1. The van der Waals surface area contributed by atoms with Gasteiger partial charge in [-0.1, -0.05) is 17.7 Å². The number of allylic oxidation sites excluding steroid dienone is 1. The summed E-state index contributed by atoms with van der Waals surface area (Å²) < 4.78 is 0. The zero-order valence-electron chi connectivity index (χ0n) is 4.48. The van der Waals surface area contributed by atoms with Gasteiger partial charge in [-0.15, -0.1) is 0 Å². The molecule has 1 unspecified atom stereocenters. The fourth-order valence-corrected chi connectivity index (χ4v) is 0.264. The second-order valence-corrected chi connectivity index (χ2v) is 1.78. The van der Waals surface area contributed by atoms with Crippen LogP contribution in [0.25, 0.3) is 0 Å². The highest BCUT2D eigenvalue weighted by Crippen LogP contribution is 2.02. The van der Waals surface area contributed by atoms with Gasteiger partial charge in [-0.2, -0.15) is 0 Å². The number of rotatable bonds is 1. The summed E-state index contributed by atoms with van der Waals surface area (Å²) in [5.74, 6) is 0. The number of halogens is 1. The lowest BCUT2D eigenvalue weighted by Crippen LogP contribution is -1.95. The molecule has 7 heavy (non-hydrogen) atoms. The van der Waals surface area contributed by atoms with E-state index in [4.69, 9.17) is 16.7 Å². The van der Waals surface area contributed by atoms with E-state index in [1.54, 1.807) is 13.0 Å². The molecule has 0 rings (SSSR count). The predicted octanol–water partition coefficient (Wildman–Crippen LogP) is 1.51. The molecule has 0 heterocycles. The van der Waals surface area contributed by atoms with Crippen molar-refractivity contribution in [1.82, 2.24) is 0 Å². The van der Waals surface area contributed by atoms with E-state index in [0.29, 0.717) is 0 Å². The van der Waals surface area contributed by atoms with Crippen molar-refractivity contribution in [3.05, 3.63) is 11.6 Å². The van der Waals surface area contributed by atoms with Crippen molar-refractivity contribution in [2.45, 2.75) is 19.4 Å². The summed E-state index contributed by atoms with van der Waals surface area (Å²) in [4.78, 5) is 0. The Hall–Kier alpha value is -0.0100. The Kier molecular flexibility index (Phi) is 3.05. The van der Waals surface area contributed by atoms with Crippen molar-refractivity contribution in [3.8, 4) is 0 Å². The Morgan fingerprint density at radius 3 is 2.29 bits per heavy atom. The van der Waals surface area contributed by atoms with E-state index in [9.17, 15) is 0 Å². The van der Waals surface area contributed by atoms with E-state index in [2.05, 4.69) is 0 Å². The zero-order valence-corrected chi connectivity index (χ0v) is 5.24. The fourth-order valence-electron chi connectivity index (χ4n) is 0.138. The zero-order chi connectivity index (χ0) is 5.86. The summed E-state index contributed by atoms with van der Waals surface area (Å²) in [6.07, 6.45) is 1.78. The summed E-state index contributed by atoms with van der Waals surface area (Å²) in [5.41, 5.74) is -0.00772. The topological polar surface area (TPSA) is 20.2 Å². The van der Waals surface area contributed by atoms with Crippen molar-refractivity contribution < 1.29 is 5.11 Å². The van der Waals surface area contributed by atoms with Gasteiger partial charge in [0.1, 0.15) is 5.56 Å². The number of hydrogen-bond donors (Lipinski definition) is 1. The molecule has 0 aliphatic carbocycles. The number of aliphatic hydroxyl groups is 1. The van der Waals surface area contributed by atoms with Gasteiger partial charge in [-0.3, -0.25) is 0 Å². The van der Waals surface area contributed by atoms with Gasteiger partial charge in [0, 0.05) is 0 Å². The van der Waals surface area contributed by atoms with Crippen LogP contribution in [0.4, 0.5) is 0 Å². The Morgan fingerprint density at radius 2 is 2.29 bits per heavy atom. The van der Waals surface area contributed by atoms with Crippen LogP contribution < -0.4 is 0 Å². The second kappa shape index (κ2) is 3.05. The SMILES string of the molecule is C/C=C(\C)C(O)Cl. The van der Waals surface area contributed by atoms with Crippen molar-refractivity contribution in [2.24, 2.45) is 0 Å². The van der Waals surface area contributed by atoms with Gasteiger partial charge >= 0.3 is 0 Å². The maximum Gasteiger partial charge on any atom is 0.149 e. The van der Waals surface area contributed by atoms with Crippen LogP contribution in [0.15, 0.2) is 11.6 Å². The maximum absolute atomic E-state index is 8.52. The lowest BCUT2D eigenvalue weighted by Gasteiger charge is -1.97. The standard InChI is InChI=1S/C5H9ClO/c1-3-4(2)5(6)7/h3,5,7H,1-2H3/b4-3+. The van der Waals surface area contributed by atoms with Crippen LogP contribution in [0.2, 0.25) is 0 Å². The van der Waals surface area contributed by atoms with Crippen LogP contribution in [-0.2, 0) is 0 Å². The van der Waals surface area contributed by atoms with E-state index >= 15 is 0 Å². The minimum Gasteiger partial charge on any atom is -0.374 e. The third-order valence-corrected chi connectivity index (χ3v) is 1.18. The van der Waals surface area contributed by atoms with Crippen LogP contribution >= 0.6 is 11.6 Å². The van der Waals surface area contributed by atoms with Crippen LogP contribution in [0, 0.1) is 0 Å². The molecule has 1 N–H and O–H groups in total. The highest BCUT2D eigenvalue weighted by Gasteiger charge is 1.95. The molecule has 0 aromatic carbocycles. The van der Waals surface area contributed by atoms with E-state index < -0.39 is 5.56 Å². The van der Waals surface area contributed by atoms with Gasteiger partial charge < -0.3 is 5.11 Å². The molecule has 0 amide bonds. The molecule has 1 nitrogen and oxygen atoms in total. The molecule has 0 spiro atoms. The molecule has 0 radical (unpaired) electrons. The van der Waals surface area contributed by atoms with Crippen LogP contribution in [0.1, 0.15) is 13.8 Å². The van der Waals surface area contributed by atoms with Gasteiger partial charge in [0.2, 0.25) is 0 Å². The molecular weight excluding hydrogens is 112 g/mol. The lowest BCUT2D eigenvalue weighted by molar-refractivity contribution is 0.291. The number of aliphatic hydroxyl groups excluding tert-OH is 1. The summed E-state index contributed by atoms with van der Waals surface area (Å²) in [6, 6.07) is 0. The van der Waals surface area contributed by atoms with E-state index in [-0.39, 0.29) is 0 Å². The quantitative estimate of drug-likeness (QED) is 0.411. The van der Waals surface area contributed by atoms with Gasteiger partial charge in [0.25, 0.3) is 0 Å². The summed E-state index contributed by atoms with van der Waals surface area (Å²) in [6.45, 7) is 3.61. The first-order valence-electron chi connectivity index (χ1n) is 2.13. The molecule has 0 saturated carbocycles. The molecule has 0 aromatic rings. The number of alkyl halides is 1. The Balaban J connectivity index is 3.56. The highest BCUT2D eigenvalue weighted by atomic mass is 35.5. The van der Waals surface area contributed by atoms with Crippen molar-refractivity contribution in [3.63, 3.8) is 0 Å². The van der Waals surface area contributed by atoms with Crippen LogP contribution in [0.5, 0.6) is 0 Å².